The van der Waals surface area contributed by atoms with Crippen LogP contribution in [-0.2, 0) is 17.6 Å². The normalized spacial score (nSPS) is 10.3. The SMILES string of the molecule is O=C(CCCc1ccccc1)Cc1cccc([N+](=O)[O-])c1. The number of rotatable bonds is 7. The summed E-state index contributed by atoms with van der Waals surface area (Å²) in [5.74, 6) is 0.117. The monoisotopic (exact) mass is 283 g/mol. The van der Waals surface area contributed by atoms with Gasteiger partial charge in [-0.2, -0.15) is 0 Å². The number of non-ortho nitro benzene ring substituents is 1. The maximum absolute atomic E-state index is 11.9. The molecule has 108 valence electrons. The number of nitrogens with zero attached hydrogens (tertiary/aromatic N) is 1. The lowest BCUT2D eigenvalue weighted by molar-refractivity contribution is -0.384. The molecule has 0 amide bonds. The molecular formula is C17H17NO3. The topological polar surface area (TPSA) is 60.2 Å². The molecule has 0 saturated carbocycles. The summed E-state index contributed by atoms with van der Waals surface area (Å²) in [5.41, 5.74) is 1.96. The van der Waals surface area contributed by atoms with Crippen LogP contribution in [0, 0.1) is 10.1 Å². The van der Waals surface area contributed by atoms with Crippen molar-refractivity contribution in [2.75, 3.05) is 0 Å². The van der Waals surface area contributed by atoms with Gasteiger partial charge in [0.05, 0.1) is 4.92 Å². The van der Waals surface area contributed by atoms with Crippen LogP contribution >= 0.6 is 0 Å². The Balaban J connectivity index is 1.82. The van der Waals surface area contributed by atoms with Crippen molar-refractivity contribution in [2.45, 2.75) is 25.7 Å². The largest absolute Gasteiger partial charge is 0.299 e. The lowest BCUT2D eigenvalue weighted by Gasteiger charge is -2.02. The van der Waals surface area contributed by atoms with Crippen LogP contribution in [0.25, 0.3) is 0 Å². The summed E-state index contributed by atoms with van der Waals surface area (Å²) < 4.78 is 0. The minimum absolute atomic E-state index is 0.0320. The van der Waals surface area contributed by atoms with E-state index in [2.05, 4.69) is 0 Å². The van der Waals surface area contributed by atoms with Gasteiger partial charge in [-0.15, -0.1) is 0 Å². The van der Waals surface area contributed by atoms with E-state index in [4.69, 9.17) is 0 Å². The molecule has 0 aromatic heterocycles. The van der Waals surface area contributed by atoms with Crippen molar-refractivity contribution >= 4 is 11.5 Å². The number of Topliss-reactive ketones (excluding diaryl/α,β-unsaturated/α-hetero) is 1. The first-order chi connectivity index (χ1) is 10.1. The molecule has 0 aliphatic carbocycles. The second kappa shape index (κ2) is 7.33. The molecule has 0 saturated heterocycles. The van der Waals surface area contributed by atoms with Gasteiger partial charge in [-0.05, 0) is 24.0 Å². The van der Waals surface area contributed by atoms with Crippen LogP contribution in [-0.4, -0.2) is 10.7 Å². The zero-order chi connectivity index (χ0) is 15.1. The number of carbonyl (C=O) groups is 1. The number of hydrogen-bond donors (Lipinski definition) is 0. The van der Waals surface area contributed by atoms with Crippen LogP contribution in [0.5, 0.6) is 0 Å². The average molecular weight is 283 g/mol. The fourth-order valence-electron chi connectivity index (χ4n) is 2.23. The Morgan fingerprint density at radius 3 is 2.43 bits per heavy atom. The molecule has 0 spiro atoms. The number of nitro groups is 1. The summed E-state index contributed by atoms with van der Waals surface area (Å²) in [6.07, 6.45) is 2.44. The van der Waals surface area contributed by atoms with Gasteiger partial charge < -0.3 is 0 Å². The molecule has 0 N–H and O–H groups in total. The Morgan fingerprint density at radius 1 is 1.00 bits per heavy atom. The van der Waals surface area contributed by atoms with E-state index in [0.29, 0.717) is 12.0 Å². The van der Waals surface area contributed by atoms with Gasteiger partial charge in [0.25, 0.3) is 5.69 Å². The lowest BCUT2D eigenvalue weighted by atomic mass is 10.0. The molecule has 0 unspecified atom stereocenters. The van der Waals surface area contributed by atoms with Gasteiger partial charge in [0, 0.05) is 25.0 Å². The third-order valence-corrected chi connectivity index (χ3v) is 3.29. The minimum Gasteiger partial charge on any atom is -0.299 e. The van der Waals surface area contributed by atoms with E-state index < -0.39 is 4.92 Å². The van der Waals surface area contributed by atoms with E-state index in [-0.39, 0.29) is 17.9 Å². The molecule has 0 heterocycles. The van der Waals surface area contributed by atoms with Crippen LogP contribution in [0.4, 0.5) is 5.69 Å². The Bertz CT molecular complexity index is 623. The minimum atomic E-state index is -0.441. The van der Waals surface area contributed by atoms with Crippen LogP contribution < -0.4 is 0 Å². The maximum Gasteiger partial charge on any atom is 0.269 e. The highest BCUT2D eigenvalue weighted by Gasteiger charge is 2.09. The van der Waals surface area contributed by atoms with Crippen molar-refractivity contribution in [3.05, 3.63) is 75.8 Å². The number of hydrogen-bond acceptors (Lipinski definition) is 3. The second-order valence-electron chi connectivity index (χ2n) is 4.98. The average Bonchev–Trinajstić information content (AvgIpc) is 2.48. The van der Waals surface area contributed by atoms with Crippen LogP contribution in [0.1, 0.15) is 24.0 Å². The molecule has 0 bridgehead atoms. The number of ketones is 1. The van der Waals surface area contributed by atoms with E-state index in [9.17, 15) is 14.9 Å². The number of nitro benzene ring substituents is 1. The van der Waals surface area contributed by atoms with Crippen molar-refractivity contribution in [1.82, 2.24) is 0 Å². The van der Waals surface area contributed by atoms with Crippen molar-refractivity contribution < 1.29 is 9.72 Å². The number of carbonyl (C=O) groups excluding carboxylic acids is 1. The number of benzene rings is 2. The molecule has 2 aromatic rings. The van der Waals surface area contributed by atoms with E-state index in [1.54, 1.807) is 12.1 Å². The lowest BCUT2D eigenvalue weighted by Crippen LogP contribution is -2.03. The maximum atomic E-state index is 11.9. The van der Waals surface area contributed by atoms with E-state index >= 15 is 0 Å². The Morgan fingerprint density at radius 2 is 1.71 bits per heavy atom. The molecule has 0 atom stereocenters. The van der Waals surface area contributed by atoms with Gasteiger partial charge in [0.1, 0.15) is 5.78 Å². The predicted molar refractivity (Wildman–Crippen MR) is 81.2 cm³/mol. The predicted octanol–water partition coefficient (Wildman–Crippen LogP) is 3.73. The molecule has 2 rings (SSSR count). The van der Waals surface area contributed by atoms with Crippen LogP contribution in [0.15, 0.2) is 54.6 Å². The van der Waals surface area contributed by atoms with Gasteiger partial charge in [-0.1, -0.05) is 42.5 Å². The quantitative estimate of drug-likeness (QED) is 0.574. The first kappa shape index (κ1) is 14.9. The summed E-state index contributed by atoms with van der Waals surface area (Å²) in [5, 5.41) is 10.7. The Hall–Kier alpha value is -2.49. The van der Waals surface area contributed by atoms with Crippen molar-refractivity contribution in [2.24, 2.45) is 0 Å². The first-order valence-corrected chi connectivity index (χ1v) is 6.94. The third kappa shape index (κ3) is 4.84. The third-order valence-electron chi connectivity index (χ3n) is 3.29. The highest BCUT2D eigenvalue weighted by molar-refractivity contribution is 5.81. The fourth-order valence-corrected chi connectivity index (χ4v) is 2.23. The van der Waals surface area contributed by atoms with Crippen LogP contribution in [0.2, 0.25) is 0 Å². The molecule has 0 fully saturated rings. The molecule has 0 radical (unpaired) electrons. The van der Waals surface area contributed by atoms with Crippen LogP contribution in [0.3, 0.4) is 0 Å². The van der Waals surface area contributed by atoms with Crippen molar-refractivity contribution in [3.8, 4) is 0 Å². The van der Waals surface area contributed by atoms with Gasteiger partial charge in [-0.25, -0.2) is 0 Å². The summed E-state index contributed by atoms with van der Waals surface area (Å²) in [7, 11) is 0. The summed E-state index contributed by atoms with van der Waals surface area (Å²) in [6, 6.07) is 16.3. The second-order valence-corrected chi connectivity index (χ2v) is 4.98. The van der Waals surface area contributed by atoms with E-state index in [1.807, 2.05) is 30.3 Å². The molecule has 0 aliphatic heterocycles. The van der Waals surface area contributed by atoms with Gasteiger partial charge in [0.2, 0.25) is 0 Å². The van der Waals surface area contributed by atoms with Crippen molar-refractivity contribution in [3.63, 3.8) is 0 Å². The molecule has 0 aliphatic rings. The molecular weight excluding hydrogens is 266 g/mol. The molecule has 21 heavy (non-hydrogen) atoms. The number of aryl methyl sites for hydroxylation is 1. The highest BCUT2D eigenvalue weighted by Crippen LogP contribution is 2.14. The smallest absolute Gasteiger partial charge is 0.269 e. The Kier molecular flexibility index (Phi) is 5.21. The zero-order valence-corrected chi connectivity index (χ0v) is 11.7. The zero-order valence-electron chi connectivity index (χ0n) is 11.7. The molecule has 4 nitrogen and oxygen atoms in total. The molecule has 4 heteroatoms. The molecule has 2 aromatic carbocycles. The summed E-state index contributed by atoms with van der Waals surface area (Å²) in [4.78, 5) is 22.2. The first-order valence-electron chi connectivity index (χ1n) is 6.94. The van der Waals surface area contributed by atoms with E-state index in [1.165, 1.54) is 17.7 Å². The van der Waals surface area contributed by atoms with Gasteiger partial charge >= 0.3 is 0 Å². The highest BCUT2D eigenvalue weighted by atomic mass is 16.6. The standard InChI is InChI=1S/C17H17NO3/c19-17(11-5-8-14-6-2-1-3-7-14)13-15-9-4-10-16(12-15)18(20)21/h1-4,6-7,9-10,12H,5,8,11,13H2. The van der Waals surface area contributed by atoms with Gasteiger partial charge in [-0.3, -0.25) is 14.9 Å². The summed E-state index contributed by atoms with van der Waals surface area (Å²) >= 11 is 0. The Labute approximate surface area is 123 Å². The van der Waals surface area contributed by atoms with Gasteiger partial charge in [0.15, 0.2) is 0 Å². The summed E-state index contributed by atoms with van der Waals surface area (Å²) in [6.45, 7) is 0. The van der Waals surface area contributed by atoms with Crippen molar-refractivity contribution in [1.29, 1.82) is 0 Å². The van der Waals surface area contributed by atoms with E-state index in [0.717, 1.165) is 12.8 Å². The fraction of sp³-hybridized carbons (Fsp3) is 0.235.